The zero-order valence-electron chi connectivity index (χ0n) is 9.42. The highest BCUT2D eigenvalue weighted by molar-refractivity contribution is 4.90. The highest BCUT2D eigenvalue weighted by atomic mass is 16.7. The van der Waals surface area contributed by atoms with Crippen molar-refractivity contribution in [3.63, 3.8) is 0 Å². The summed E-state index contributed by atoms with van der Waals surface area (Å²) in [7, 11) is 0. The molecule has 16 heavy (non-hydrogen) atoms. The lowest BCUT2D eigenvalue weighted by Crippen LogP contribution is -2.43. The van der Waals surface area contributed by atoms with Crippen LogP contribution < -0.4 is 5.73 Å². The van der Waals surface area contributed by atoms with Crippen molar-refractivity contribution in [3.05, 3.63) is 0 Å². The van der Waals surface area contributed by atoms with Crippen LogP contribution in [-0.4, -0.2) is 47.5 Å². The zero-order chi connectivity index (χ0) is 11.5. The minimum Gasteiger partial charge on any atom is -0.394 e. The summed E-state index contributed by atoms with van der Waals surface area (Å²) >= 11 is 0. The van der Waals surface area contributed by atoms with Gasteiger partial charge < -0.3 is 25.4 Å². The molecular formula is C11H21NO4. The molecule has 2 fully saturated rings. The zero-order valence-corrected chi connectivity index (χ0v) is 9.42. The fraction of sp³-hybridized carbons (Fsp3) is 1.00. The highest BCUT2D eigenvalue weighted by Crippen LogP contribution is 2.26. The molecule has 4 atom stereocenters. The average Bonchev–Trinajstić information content (AvgIpc) is 2.58. The van der Waals surface area contributed by atoms with Gasteiger partial charge in [0.15, 0.2) is 6.29 Å². The molecule has 0 spiro atoms. The van der Waals surface area contributed by atoms with Crippen LogP contribution in [0.4, 0.5) is 0 Å². The van der Waals surface area contributed by atoms with Crippen molar-refractivity contribution in [1.29, 1.82) is 0 Å². The Morgan fingerprint density at radius 3 is 2.50 bits per heavy atom. The molecule has 2 rings (SSSR count). The van der Waals surface area contributed by atoms with E-state index in [0.717, 1.165) is 12.8 Å². The van der Waals surface area contributed by atoms with Gasteiger partial charge in [0, 0.05) is 0 Å². The lowest BCUT2D eigenvalue weighted by Gasteiger charge is -2.26. The Balaban J connectivity index is 1.85. The Morgan fingerprint density at radius 2 is 1.94 bits per heavy atom. The van der Waals surface area contributed by atoms with Crippen LogP contribution in [-0.2, 0) is 9.47 Å². The second-order valence-corrected chi connectivity index (χ2v) is 4.69. The standard InChI is InChI=1S/C11H21NO4/c12-9-10(14)8(6-13)16-11(9)15-7-4-2-1-3-5-7/h7-11,13-14H,1-6,12H2. The summed E-state index contributed by atoms with van der Waals surface area (Å²) in [5.74, 6) is 0. The van der Waals surface area contributed by atoms with Gasteiger partial charge in [-0.2, -0.15) is 0 Å². The Bertz CT molecular complexity index is 220. The number of ether oxygens (including phenoxy) is 2. The van der Waals surface area contributed by atoms with Crippen LogP contribution in [0.2, 0.25) is 0 Å². The molecule has 0 amide bonds. The molecule has 1 heterocycles. The third-order valence-electron chi connectivity index (χ3n) is 3.46. The van der Waals surface area contributed by atoms with Crippen molar-refractivity contribution in [1.82, 2.24) is 0 Å². The molecule has 1 saturated carbocycles. The molecular weight excluding hydrogens is 210 g/mol. The van der Waals surface area contributed by atoms with Crippen LogP contribution in [0.3, 0.4) is 0 Å². The van der Waals surface area contributed by atoms with Crippen molar-refractivity contribution in [3.8, 4) is 0 Å². The first-order valence-electron chi connectivity index (χ1n) is 6.08. The second-order valence-electron chi connectivity index (χ2n) is 4.69. The molecule has 0 radical (unpaired) electrons. The molecule has 94 valence electrons. The topological polar surface area (TPSA) is 84.9 Å². The first-order valence-corrected chi connectivity index (χ1v) is 6.08. The van der Waals surface area contributed by atoms with Gasteiger partial charge in [0.05, 0.1) is 18.8 Å². The monoisotopic (exact) mass is 231 g/mol. The maximum absolute atomic E-state index is 9.67. The Kier molecular flexibility index (Phi) is 4.16. The summed E-state index contributed by atoms with van der Waals surface area (Å²) in [4.78, 5) is 0. The quantitative estimate of drug-likeness (QED) is 0.623. The van der Waals surface area contributed by atoms with Crippen LogP contribution in [0.15, 0.2) is 0 Å². The smallest absolute Gasteiger partial charge is 0.176 e. The van der Waals surface area contributed by atoms with Gasteiger partial charge in [0.2, 0.25) is 0 Å². The lowest BCUT2D eigenvalue weighted by atomic mass is 9.98. The van der Waals surface area contributed by atoms with E-state index in [0.29, 0.717) is 0 Å². The molecule has 1 aliphatic carbocycles. The number of rotatable bonds is 3. The van der Waals surface area contributed by atoms with Crippen molar-refractivity contribution in [2.24, 2.45) is 5.73 Å². The summed E-state index contributed by atoms with van der Waals surface area (Å²) in [6.45, 7) is -0.223. The lowest BCUT2D eigenvalue weighted by molar-refractivity contribution is -0.177. The summed E-state index contributed by atoms with van der Waals surface area (Å²) in [6.07, 6.45) is 3.86. The molecule has 1 saturated heterocycles. The highest BCUT2D eigenvalue weighted by Gasteiger charge is 2.42. The Morgan fingerprint density at radius 1 is 1.25 bits per heavy atom. The second kappa shape index (κ2) is 5.42. The maximum atomic E-state index is 9.67. The predicted octanol–water partition coefficient (Wildman–Crippen LogP) is -0.259. The van der Waals surface area contributed by atoms with E-state index in [4.69, 9.17) is 20.3 Å². The molecule has 0 aromatic carbocycles. The summed E-state index contributed by atoms with van der Waals surface area (Å²) in [5.41, 5.74) is 5.79. The molecule has 4 unspecified atom stereocenters. The SMILES string of the molecule is NC1C(OC2CCCCC2)OC(CO)C1O. The minimum absolute atomic E-state index is 0.189. The van der Waals surface area contributed by atoms with E-state index in [1.54, 1.807) is 0 Å². The third kappa shape index (κ3) is 2.55. The van der Waals surface area contributed by atoms with E-state index in [2.05, 4.69) is 0 Å². The van der Waals surface area contributed by atoms with Gasteiger partial charge in [-0.25, -0.2) is 0 Å². The summed E-state index contributed by atoms with van der Waals surface area (Å²) in [5, 5.41) is 18.6. The van der Waals surface area contributed by atoms with Gasteiger partial charge in [0.25, 0.3) is 0 Å². The van der Waals surface area contributed by atoms with Crippen molar-refractivity contribution < 1.29 is 19.7 Å². The average molecular weight is 231 g/mol. The normalized spacial score (nSPS) is 41.4. The van der Waals surface area contributed by atoms with Gasteiger partial charge in [-0.1, -0.05) is 19.3 Å². The summed E-state index contributed by atoms with van der Waals surface area (Å²) in [6, 6.07) is -0.556. The Labute approximate surface area is 95.5 Å². The fourth-order valence-electron chi connectivity index (χ4n) is 2.42. The molecule has 0 aromatic rings. The van der Waals surface area contributed by atoms with Gasteiger partial charge in [-0.05, 0) is 12.8 Å². The molecule has 0 bridgehead atoms. The molecule has 5 heteroatoms. The first kappa shape index (κ1) is 12.3. The molecule has 1 aliphatic heterocycles. The minimum atomic E-state index is -0.835. The van der Waals surface area contributed by atoms with E-state index in [1.807, 2.05) is 0 Å². The predicted molar refractivity (Wildman–Crippen MR) is 57.7 cm³/mol. The number of hydrogen-bond acceptors (Lipinski definition) is 5. The van der Waals surface area contributed by atoms with Crippen LogP contribution >= 0.6 is 0 Å². The van der Waals surface area contributed by atoms with E-state index in [9.17, 15) is 5.11 Å². The number of nitrogens with two attached hydrogens (primary N) is 1. The van der Waals surface area contributed by atoms with Gasteiger partial charge >= 0.3 is 0 Å². The Hall–Kier alpha value is -0.200. The van der Waals surface area contributed by atoms with Crippen LogP contribution in [0, 0.1) is 0 Å². The fourth-order valence-corrected chi connectivity index (χ4v) is 2.42. The third-order valence-corrected chi connectivity index (χ3v) is 3.46. The molecule has 4 N–H and O–H groups in total. The maximum Gasteiger partial charge on any atom is 0.176 e. The van der Waals surface area contributed by atoms with Crippen molar-refractivity contribution >= 4 is 0 Å². The van der Waals surface area contributed by atoms with Crippen LogP contribution in [0.1, 0.15) is 32.1 Å². The first-order chi connectivity index (χ1) is 7.72. The van der Waals surface area contributed by atoms with Gasteiger partial charge in [0.1, 0.15) is 12.2 Å². The number of hydrogen-bond donors (Lipinski definition) is 3. The molecule has 5 nitrogen and oxygen atoms in total. The van der Waals surface area contributed by atoms with E-state index < -0.39 is 24.5 Å². The number of aliphatic hydroxyl groups is 2. The van der Waals surface area contributed by atoms with E-state index in [1.165, 1.54) is 19.3 Å². The van der Waals surface area contributed by atoms with Crippen LogP contribution in [0.5, 0.6) is 0 Å². The van der Waals surface area contributed by atoms with E-state index >= 15 is 0 Å². The van der Waals surface area contributed by atoms with Crippen LogP contribution in [0.25, 0.3) is 0 Å². The molecule has 2 aliphatic rings. The molecule has 0 aromatic heterocycles. The number of aliphatic hydroxyl groups excluding tert-OH is 2. The van der Waals surface area contributed by atoms with E-state index in [-0.39, 0.29) is 12.7 Å². The van der Waals surface area contributed by atoms with Crippen molar-refractivity contribution in [2.75, 3.05) is 6.61 Å². The van der Waals surface area contributed by atoms with Gasteiger partial charge in [-0.3, -0.25) is 0 Å². The van der Waals surface area contributed by atoms with Crippen molar-refractivity contribution in [2.45, 2.75) is 62.7 Å². The summed E-state index contributed by atoms with van der Waals surface area (Å²) < 4.78 is 11.1. The van der Waals surface area contributed by atoms with Gasteiger partial charge in [-0.15, -0.1) is 0 Å². The largest absolute Gasteiger partial charge is 0.394 e.